The third-order valence-electron chi connectivity index (χ3n) is 5.28. The molecule has 1 spiro atoms. The van der Waals surface area contributed by atoms with Crippen molar-refractivity contribution in [3.05, 3.63) is 0 Å². The number of rotatable bonds is 3. The van der Waals surface area contributed by atoms with Crippen LogP contribution in [-0.2, 0) is 9.47 Å². The summed E-state index contributed by atoms with van der Waals surface area (Å²) >= 11 is 0. The molecule has 5 heteroatoms. The van der Waals surface area contributed by atoms with Crippen molar-refractivity contribution in [1.29, 1.82) is 0 Å². The van der Waals surface area contributed by atoms with E-state index in [1.165, 1.54) is 0 Å². The highest BCUT2D eigenvalue weighted by atomic mass is 16.8. The maximum Gasteiger partial charge on any atom is 0.404 e. The van der Waals surface area contributed by atoms with Crippen LogP contribution in [0.3, 0.4) is 0 Å². The molecule has 0 radical (unpaired) electrons. The van der Waals surface area contributed by atoms with Crippen molar-refractivity contribution in [2.24, 2.45) is 17.3 Å². The van der Waals surface area contributed by atoms with Crippen molar-refractivity contribution in [3.8, 4) is 0 Å². The van der Waals surface area contributed by atoms with Crippen LogP contribution in [0, 0.1) is 17.3 Å². The SMILES string of the molecule is CCC1CC(CNC(=O)O)C2(COC(C)(C)O2)CC1(C)C. The molecule has 2 N–H and O–H groups in total. The molecule has 2 aliphatic rings. The number of amides is 1. The topological polar surface area (TPSA) is 67.8 Å². The summed E-state index contributed by atoms with van der Waals surface area (Å²) in [5.74, 6) is 0.153. The van der Waals surface area contributed by atoms with Crippen LogP contribution in [-0.4, -0.2) is 35.7 Å². The summed E-state index contributed by atoms with van der Waals surface area (Å²) in [4.78, 5) is 10.9. The van der Waals surface area contributed by atoms with E-state index < -0.39 is 11.9 Å². The highest BCUT2D eigenvalue weighted by Crippen LogP contribution is 2.54. The highest BCUT2D eigenvalue weighted by molar-refractivity contribution is 5.64. The molecule has 5 nitrogen and oxygen atoms in total. The third-order valence-corrected chi connectivity index (χ3v) is 5.28. The quantitative estimate of drug-likeness (QED) is 0.839. The Morgan fingerprint density at radius 3 is 2.43 bits per heavy atom. The summed E-state index contributed by atoms with van der Waals surface area (Å²) in [6, 6.07) is 0. The van der Waals surface area contributed by atoms with E-state index in [9.17, 15) is 4.79 Å². The summed E-state index contributed by atoms with van der Waals surface area (Å²) in [6.45, 7) is 11.6. The van der Waals surface area contributed by atoms with E-state index >= 15 is 0 Å². The molecule has 1 aliphatic heterocycles. The molecule has 1 heterocycles. The summed E-state index contributed by atoms with van der Waals surface area (Å²) in [7, 11) is 0. The smallest absolute Gasteiger partial charge is 0.404 e. The van der Waals surface area contributed by atoms with E-state index in [0.29, 0.717) is 19.1 Å². The monoisotopic (exact) mass is 299 g/mol. The molecule has 3 unspecified atom stereocenters. The summed E-state index contributed by atoms with van der Waals surface area (Å²) in [5.41, 5.74) is -0.195. The minimum Gasteiger partial charge on any atom is -0.465 e. The van der Waals surface area contributed by atoms with E-state index in [0.717, 1.165) is 19.3 Å². The minimum absolute atomic E-state index is 0.161. The maximum absolute atomic E-state index is 10.9. The van der Waals surface area contributed by atoms with Crippen LogP contribution >= 0.6 is 0 Å². The van der Waals surface area contributed by atoms with Gasteiger partial charge in [0.25, 0.3) is 0 Å². The predicted molar refractivity (Wildman–Crippen MR) is 80.2 cm³/mol. The second-order valence-corrected chi connectivity index (χ2v) is 7.74. The third kappa shape index (κ3) is 3.34. The number of nitrogens with one attached hydrogen (secondary N) is 1. The first-order valence-electron chi connectivity index (χ1n) is 7.91. The Labute approximate surface area is 127 Å². The molecule has 0 aromatic carbocycles. The fourth-order valence-electron chi connectivity index (χ4n) is 4.27. The largest absolute Gasteiger partial charge is 0.465 e. The molecule has 1 saturated heterocycles. The van der Waals surface area contributed by atoms with Crippen LogP contribution in [0.25, 0.3) is 0 Å². The number of ether oxygens (including phenoxy) is 2. The maximum atomic E-state index is 10.9. The molecule has 1 amide bonds. The number of hydrogen-bond acceptors (Lipinski definition) is 3. The lowest BCUT2D eigenvalue weighted by Crippen LogP contribution is -2.55. The van der Waals surface area contributed by atoms with Gasteiger partial charge < -0.3 is 19.9 Å². The molecule has 1 saturated carbocycles. The van der Waals surface area contributed by atoms with Gasteiger partial charge in [-0.2, -0.15) is 0 Å². The van der Waals surface area contributed by atoms with Crippen molar-refractivity contribution in [3.63, 3.8) is 0 Å². The van der Waals surface area contributed by atoms with Gasteiger partial charge >= 0.3 is 6.09 Å². The zero-order valence-electron chi connectivity index (χ0n) is 13.9. The van der Waals surface area contributed by atoms with Gasteiger partial charge in [-0.3, -0.25) is 0 Å². The summed E-state index contributed by atoms with van der Waals surface area (Å²) < 4.78 is 12.1. The molecule has 3 atom stereocenters. The van der Waals surface area contributed by atoms with Gasteiger partial charge in [-0.15, -0.1) is 0 Å². The van der Waals surface area contributed by atoms with Crippen LogP contribution < -0.4 is 5.32 Å². The van der Waals surface area contributed by atoms with E-state index in [2.05, 4.69) is 26.1 Å². The molecule has 2 rings (SSSR count). The van der Waals surface area contributed by atoms with Crippen LogP contribution in [0.4, 0.5) is 4.79 Å². The van der Waals surface area contributed by atoms with Gasteiger partial charge in [0.15, 0.2) is 5.79 Å². The van der Waals surface area contributed by atoms with Crippen LogP contribution in [0.15, 0.2) is 0 Å². The Balaban J connectivity index is 2.23. The average molecular weight is 299 g/mol. The fraction of sp³-hybridized carbons (Fsp3) is 0.938. The van der Waals surface area contributed by atoms with Crippen LogP contribution in [0.5, 0.6) is 0 Å². The Kier molecular flexibility index (Phi) is 4.28. The van der Waals surface area contributed by atoms with Crippen molar-refractivity contribution >= 4 is 6.09 Å². The first-order valence-corrected chi connectivity index (χ1v) is 7.91. The van der Waals surface area contributed by atoms with E-state index in [-0.39, 0.29) is 16.9 Å². The molecule has 0 bridgehead atoms. The normalized spacial score (nSPS) is 37.6. The van der Waals surface area contributed by atoms with E-state index in [4.69, 9.17) is 14.6 Å². The van der Waals surface area contributed by atoms with E-state index in [1.807, 2.05) is 13.8 Å². The lowest BCUT2D eigenvalue weighted by molar-refractivity contribution is -0.196. The summed E-state index contributed by atoms with van der Waals surface area (Å²) in [6.07, 6.45) is 2.02. The van der Waals surface area contributed by atoms with Crippen molar-refractivity contribution in [1.82, 2.24) is 5.32 Å². The lowest BCUT2D eigenvalue weighted by Gasteiger charge is -2.51. The lowest BCUT2D eigenvalue weighted by atomic mass is 9.58. The Morgan fingerprint density at radius 2 is 1.95 bits per heavy atom. The summed E-state index contributed by atoms with van der Waals surface area (Å²) in [5, 5.41) is 11.5. The zero-order chi connectivity index (χ0) is 15.9. The van der Waals surface area contributed by atoms with Crippen LogP contribution in [0.2, 0.25) is 0 Å². The van der Waals surface area contributed by atoms with E-state index in [1.54, 1.807) is 0 Å². The second-order valence-electron chi connectivity index (χ2n) is 7.74. The number of hydrogen-bond donors (Lipinski definition) is 2. The van der Waals surface area contributed by atoms with Gasteiger partial charge in [-0.1, -0.05) is 27.2 Å². The van der Waals surface area contributed by atoms with Crippen molar-refractivity contribution < 1.29 is 19.4 Å². The van der Waals surface area contributed by atoms with Gasteiger partial charge in [0.05, 0.1) is 12.2 Å². The van der Waals surface area contributed by atoms with Crippen molar-refractivity contribution in [2.75, 3.05) is 13.2 Å². The molecular weight excluding hydrogens is 270 g/mol. The predicted octanol–water partition coefficient (Wildman–Crippen LogP) is 3.24. The van der Waals surface area contributed by atoms with Gasteiger partial charge in [-0.05, 0) is 38.0 Å². The fourth-order valence-corrected chi connectivity index (χ4v) is 4.27. The molecule has 2 fully saturated rings. The molecule has 21 heavy (non-hydrogen) atoms. The minimum atomic E-state index is -0.971. The first kappa shape index (κ1) is 16.6. The van der Waals surface area contributed by atoms with Gasteiger partial charge in [0.2, 0.25) is 0 Å². The highest BCUT2D eigenvalue weighted by Gasteiger charge is 2.57. The number of carboxylic acid groups (broad SMARTS) is 1. The molecular formula is C16H29NO4. The average Bonchev–Trinajstić information content (AvgIpc) is 2.63. The zero-order valence-corrected chi connectivity index (χ0v) is 13.9. The second kappa shape index (κ2) is 5.43. The van der Waals surface area contributed by atoms with Gasteiger partial charge in [0, 0.05) is 12.5 Å². The molecule has 0 aromatic heterocycles. The Morgan fingerprint density at radius 1 is 1.29 bits per heavy atom. The first-order chi connectivity index (χ1) is 9.60. The van der Waals surface area contributed by atoms with Crippen LogP contribution in [0.1, 0.15) is 53.9 Å². The Hall–Kier alpha value is -0.810. The van der Waals surface area contributed by atoms with Gasteiger partial charge in [-0.25, -0.2) is 4.79 Å². The molecule has 122 valence electrons. The van der Waals surface area contributed by atoms with Crippen molar-refractivity contribution in [2.45, 2.75) is 65.3 Å². The number of carbonyl (C=O) groups is 1. The standard InChI is InChI=1S/C16H29NO4/c1-6-11-7-12(8-17-13(18)19)16(9-14(11,2)3)10-20-15(4,5)21-16/h11-12,17H,6-10H2,1-5H3,(H,18,19). The Bertz CT molecular complexity index is 407. The molecule has 1 aliphatic carbocycles. The van der Waals surface area contributed by atoms with Gasteiger partial charge in [0.1, 0.15) is 0 Å². The molecule has 0 aromatic rings.